The molecule has 1 aromatic heterocycles. The van der Waals surface area contributed by atoms with Gasteiger partial charge in [-0.2, -0.15) is 5.10 Å². The second-order valence-electron chi connectivity index (χ2n) is 5.51. The molecule has 1 unspecified atom stereocenters. The molecule has 1 saturated carbocycles. The van der Waals surface area contributed by atoms with Crippen LogP contribution in [0.15, 0.2) is 6.20 Å². The van der Waals surface area contributed by atoms with Crippen LogP contribution in [-0.2, 0) is 6.54 Å². The lowest BCUT2D eigenvalue weighted by atomic mass is 9.70. The van der Waals surface area contributed by atoms with Gasteiger partial charge in [0.05, 0.1) is 23.0 Å². The molecule has 0 radical (unpaired) electrons. The molecule has 1 atom stereocenters. The highest BCUT2D eigenvalue weighted by molar-refractivity contribution is 6.31. The van der Waals surface area contributed by atoms with Crippen LogP contribution in [0.4, 0.5) is 0 Å². The summed E-state index contributed by atoms with van der Waals surface area (Å²) in [7, 11) is 0. The SMILES string of the molecule is CCn1ncc(Cl)c1C(NN)C1(C)CCCCC1. The van der Waals surface area contributed by atoms with E-state index in [1.165, 1.54) is 32.1 Å². The highest BCUT2D eigenvalue weighted by atomic mass is 35.5. The monoisotopic (exact) mass is 270 g/mol. The zero-order valence-corrected chi connectivity index (χ0v) is 12.0. The Morgan fingerprint density at radius 3 is 2.72 bits per heavy atom. The third-order valence-corrected chi connectivity index (χ3v) is 4.56. The number of nitrogens with two attached hydrogens (primary N) is 1. The van der Waals surface area contributed by atoms with Gasteiger partial charge in [-0.15, -0.1) is 0 Å². The summed E-state index contributed by atoms with van der Waals surface area (Å²) in [6.07, 6.45) is 7.96. The number of hydrogen-bond acceptors (Lipinski definition) is 3. The molecule has 1 heterocycles. The largest absolute Gasteiger partial charge is 0.271 e. The molecule has 0 saturated heterocycles. The maximum atomic E-state index is 6.30. The first-order valence-corrected chi connectivity index (χ1v) is 7.17. The second kappa shape index (κ2) is 5.59. The average molecular weight is 271 g/mol. The molecule has 2 rings (SSSR count). The van der Waals surface area contributed by atoms with Crippen molar-refractivity contribution in [3.63, 3.8) is 0 Å². The van der Waals surface area contributed by atoms with Gasteiger partial charge < -0.3 is 0 Å². The van der Waals surface area contributed by atoms with Gasteiger partial charge in [-0.3, -0.25) is 16.0 Å². The first kappa shape index (κ1) is 13.8. The number of rotatable bonds is 4. The Hall–Kier alpha value is -0.580. The summed E-state index contributed by atoms with van der Waals surface area (Å²) in [5, 5.41) is 5.03. The molecule has 1 aliphatic carbocycles. The summed E-state index contributed by atoms with van der Waals surface area (Å²) in [5.74, 6) is 5.82. The van der Waals surface area contributed by atoms with E-state index in [2.05, 4.69) is 24.4 Å². The number of nitrogens with one attached hydrogen (secondary N) is 1. The lowest BCUT2D eigenvalue weighted by Gasteiger charge is -2.40. The van der Waals surface area contributed by atoms with Crippen molar-refractivity contribution >= 4 is 11.6 Å². The first-order valence-electron chi connectivity index (χ1n) is 6.79. The number of nitrogens with zero attached hydrogens (tertiary/aromatic N) is 2. The van der Waals surface area contributed by atoms with Crippen molar-refractivity contribution in [3.05, 3.63) is 16.9 Å². The van der Waals surface area contributed by atoms with Crippen molar-refractivity contribution in [2.75, 3.05) is 0 Å². The van der Waals surface area contributed by atoms with Gasteiger partial charge in [0.1, 0.15) is 0 Å². The predicted octanol–water partition coefficient (Wildman–Crippen LogP) is 3.03. The van der Waals surface area contributed by atoms with Gasteiger partial charge in [-0.05, 0) is 25.2 Å². The fourth-order valence-corrected chi connectivity index (χ4v) is 3.42. The molecular formula is C13H23ClN4. The molecule has 0 amide bonds. The third kappa shape index (κ3) is 2.42. The Bertz CT molecular complexity index is 396. The van der Waals surface area contributed by atoms with Crippen molar-refractivity contribution in [2.45, 2.75) is 58.5 Å². The minimum Gasteiger partial charge on any atom is -0.271 e. The molecule has 0 aromatic carbocycles. The van der Waals surface area contributed by atoms with Crippen molar-refractivity contribution < 1.29 is 0 Å². The smallest absolute Gasteiger partial charge is 0.0834 e. The van der Waals surface area contributed by atoms with E-state index in [0.717, 1.165) is 12.2 Å². The Morgan fingerprint density at radius 2 is 2.17 bits per heavy atom. The molecule has 1 aliphatic rings. The van der Waals surface area contributed by atoms with Crippen LogP contribution in [-0.4, -0.2) is 9.78 Å². The van der Waals surface area contributed by atoms with Gasteiger partial charge >= 0.3 is 0 Å². The Labute approximate surface area is 114 Å². The summed E-state index contributed by atoms with van der Waals surface area (Å²) >= 11 is 6.30. The Balaban J connectivity index is 2.34. The van der Waals surface area contributed by atoms with E-state index in [1.807, 2.05) is 4.68 Å². The highest BCUT2D eigenvalue weighted by Gasteiger charge is 2.38. The maximum absolute atomic E-state index is 6.30. The normalized spacial score (nSPS) is 20.9. The summed E-state index contributed by atoms with van der Waals surface area (Å²) in [4.78, 5) is 0. The number of halogens is 1. The molecule has 0 aliphatic heterocycles. The fourth-order valence-electron chi connectivity index (χ4n) is 3.17. The topological polar surface area (TPSA) is 55.9 Å². The quantitative estimate of drug-likeness (QED) is 0.653. The second-order valence-corrected chi connectivity index (χ2v) is 5.92. The number of hydrazine groups is 1. The van der Waals surface area contributed by atoms with Crippen molar-refractivity contribution in [3.8, 4) is 0 Å². The highest BCUT2D eigenvalue weighted by Crippen LogP contribution is 2.46. The van der Waals surface area contributed by atoms with E-state index in [-0.39, 0.29) is 11.5 Å². The molecule has 102 valence electrons. The molecule has 1 aromatic rings. The zero-order valence-electron chi connectivity index (χ0n) is 11.2. The molecule has 4 nitrogen and oxygen atoms in total. The van der Waals surface area contributed by atoms with Crippen LogP contribution >= 0.6 is 11.6 Å². The van der Waals surface area contributed by atoms with E-state index in [4.69, 9.17) is 17.4 Å². The molecule has 18 heavy (non-hydrogen) atoms. The minimum atomic E-state index is 0.0766. The molecule has 0 bridgehead atoms. The zero-order chi connectivity index (χ0) is 13.2. The molecule has 0 spiro atoms. The number of aromatic nitrogens is 2. The van der Waals surface area contributed by atoms with Gasteiger partial charge in [-0.25, -0.2) is 0 Å². The van der Waals surface area contributed by atoms with E-state index in [1.54, 1.807) is 6.20 Å². The van der Waals surface area contributed by atoms with Gasteiger partial charge in [0.25, 0.3) is 0 Å². The van der Waals surface area contributed by atoms with Crippen LogP contribution in [0.1, 0.15) is 57.7 Å². The van der Waals surface area contributed by atoms with E-state index >= 15 is 0 Å². The lowest BCUT2D eigenvalue weighted by molar-refractivity contribution is 0.139. The van der Waals surface area contributed by atoms with Gasteiger partial charge in [0, 0.05) is 6.54 Å². The van der Waals surface area contributed by atoms with Crippen molar-refractivity contribution in [1.29, 1.82) is 0 Å². The summed E-state index contributed by atoms with van der Waals surface area (Å²) in [6, 6.07) is 0.0766. The lowest BCUT2D eigenvalue weighted by Crippen LogP contribution is -2.42. The van der Waals surface area contributed by atoms with E-state index < -0.39 is 0 Å². The van der Waals surface area contributed by atoms with E-state index in [0.29, 0.717) is 5.02 Å². The van der Waals surface area contributed by atoms with Crippen LogP contribution in [0, 0.1) is 5.41 Å². The number of hydrogen-bond donors (Lipinski definition) is 2. The molecule has 3 N–H and O–H groups in total. The van der Waals surface area contributed by atoms with Crippen LogP contribution < -0.4 is 11.3 Å². The minimum absolute atomic E-state index is 0.0766. The third-order valence-electron chi connectivity index (χ3n) is 4.27. The molecule has 1 fully saturated rings. The van der Waals surface area contributed by atoms with Crippen LogP contribution in [0.5, 0.6) is 0 Å². The summed E-state index contributed by atoms with van der Waals surface area (Å²) in [5.41, 5.74) is 4.19. The van der Waals surface area contributed by atoms with Crippen LogP contribution in [0.25, 0.3) is 0 Å². The van der Waals surface area contributed by atoms with E-state index in [9.17, 15) is 0 Å². The predicted molar refractivity (Wildman–Crippen MR) is 74.2 cm³/mol. The van der Waals surface area contributed by atoms with Crippen molar-refractivity contribution in [2.24, 2.45) is 11.3 Å². The summed E-state index contributed by atoms with van der Waals surface area (Å²) in [6.45, 7) is 5.19. The van der Waals surface area contributed by atoms with Gasteiger partial charge in [0.2, 0.25) is 0 Å². The first-order chi connectivity index (χ1) is 8.62. The van der Waals surface area contributed by atoms with Crippen LogP contribution in [0.2, 0.25) is 5.02 Å². The average Bonchev–Trinajstić information content (AvgIpc) is 2.73. The maximum Gasteiger partial charge on any atom is 0.0834 e. The van der Waals surface area contributed by atoms with Gasteiger partial charge in [-0.1, -0.05) is 37.8 Å². The van der Waals surface area contributed by atoms with Crippen LogP contribution in [0.3, 0.4) is 0 Å². The molecular weight excluding hydrogens is 248 g/mol. The standard InChI is InChI=1S/C13H23ClN4/c1-3-18-11(10(14)9-16-18)12(17-15)13(2)7-5-4-6-8-13/h9,12,17H,3-8,15H2,1-2H3. The summed E-state index contributed by atoms with van der Waals surface area (Å²) < 4.78 is 1.95. The Kier molecular flexibility index (Phi) is 4.30. The molecule has 5 heteroatoms. The van der Waals surface area contributed by atoms with Crippen molar-refractivity contribution in [1.82, 2.24) is 15.2 Å². The van der Waals surface area contributed by atoms with Gasteiger partial charge in [0.15, 0.2) is 0 Å². The Morgan fingerprint density at radius 1 is 1.50 bits per heavy atom. The number of aryl methyl sites for hydroxylation is 1. The fraction of sp³-hybridized carbons (Fsp3) is 0.769.